The highest BCUT2D eigenvalue weighted by Gasteiger charge is 2.26. The molecule has 0 bridgehead atoms. The van der Waals surface area contributed by atoms with Gasteiger partial charge >= 0.3 is 0 Å². The Hall–Kier alpha value is 0.130. The maximum atomic E-state index is 4.46. The lowest BCUT2D eigenvalue weighted by Gasteiger charge is -2.37. The summed E-state index contributed by atoms with van der Waals surface area (Å²) in [7, 11) is 2.03. The van der Waals surface area contributed by atoms with E-state index in [2.05, 4.69) is 41.9 Å². The van der Waals surface area contributed by atoms with Crippen LogP contribution in [0.5, 0.6) is 0 Å². The first-order chi connectivity index (χ1) is 8.13. The molecule has 1 aromatic heterocycles. The summed E-state index contributed by atoms with van der Waals surface area (Å²) in [6, 6.07) is 0.773. The fourth-order valence-corrected chi connectivity index (χ4v) is 3.21. The van der Waals surface area contributed by atoms with Crippen molar-refractivity contribution in [2.24, 2.45) is 7.05 Å². The largest absolute Gasteiger partial charge is 0.294 e. The maximum absolute atomic E-state index is 4.46. The lowest BCUT2D eigenvalue weighted by atomic mass is 9.91. The standard InChI is InChI=1S/C12H19Br2N3/c1-9-12(14)11(16(2)15-9)8-17(7-6-13)10-4-3-5-10/h10H,3-8H2,1-2H3. The van der Waals surface area contributed by atoms with E-state index in [0.717, 1.165) is 30.2 Å². The van der Waals surface area contributed by atoms with E-state index in [4.69, 9.17) is 0 Å². The average molecular weight is 365 g/mol. The van der Waals surface area contributed by atoms with Crippen LogP contribution < -0.4 is 0 Å². The van der Waals surface area contributed by atoms with E-state index in [0.29, 0.717) is 0 Å². The molecule has 96 valence electrons. The lowest BCUT2D eigenvalue weighted by molar-refractivity contribution is 0.125. The van der Waals surface area contributed by atoms with E-state index >= 15 is 0 Å². The quantitative estimate of drug-likeness (QED) is 0.748. The summed E-state index contributed by atoms with van der Waals surface area (Å²) >= 11 is 7.20. The number of halogens is 2. The molecule has 3 nitrogen and oxygen atoms in total. The Labute approximate surface area is 120 Å². The summed E-state index contributed by atoms with van der Waals surface area (Å²) in [4.78, 5) is 2.57. The first-order valence-electron chi connectivity index (χ1n) is 6.11. The molecule has 5 heteroatoms. The molecule has 1 saturated carbocycles. The molecule has 0 atom stereocenters. The van der Waals surface area contributed by atoms with Crippen molar-refractivity contribution in [3.05, 3.63) is 15.9 Å². The summed E-state index contributed by atoms with van der Waals surface area (Å²) in [5.74, 6) is 0. The normalized spacial score (nSPS) is 16.5. The third-order valence-corrected chi connectivity index (χ3v) is 4.96. The first-order valence-corrected chi connectivity index (χ1v) is 8.03. The van der Waals surface area contributed by atoms with Gasteiger partial charge in [0.2, 0.25) is 0 Å². The van der Waals surface area contributed by atoms with E-state index in [1.807, 2.05) is 18.7 Å². The number of hydrogen-bond acceptors (Lipinski definition) is 2. The molecule has 0 aromatic carbocycles. The molecule has 17 heavy (non-hydrogen) atoms. The van der Waals surface area contributed by atoms with Crippen molar-refractivity contribution in [2.75, 3.05) is 11.9 Å². The molecular weight excluding hydrogens is 346 g/mol. The highest BCUT2D eigenvalue weighted by atomic mass is 79.9. The molecule has 0 N–H and O–H groups in total. The van der Waals surface area contributed by atoms with Gasteiger partial charge in [-0.25, -0.2) is 0 Å². The van der Waals surface area contributed by atoms with Crippen LogP contribution in [0.25, 0.3) is 0 Å². The van der Waals surface area contributed by atoms with Crippen LogP contribution in [-0.2, 0) is 13.6 Å². The number of aromatic nitrogens is 2. The van der Waals surface area contributed by atoms with Crippen molar-refractivity contribution < 1.29 is 0 Å². The van der Waals surface area contributed by atoms with Crippen molar-refractivity contribution in [1.29, 1.82) is 0 Å². The first kappa shape index (κ1) is 13.6. The molecule has 1 fully saturated rings. The average Bonchev–Trinajstić information content (AvgIpc) is 2.43. The van der Waals surface area contributed by atoms with Gasteiger partial charge in [-0.15, -0.1) is 0 Å². The van der Waals surface area contributed by atoms with E-state index < -0.39 is 0 Å². The van der Waals surface area contributed by atoms with Gasteiger partial charge < -0.3 is 0 Å². The maximum Gasteiger partial charge on any atom is 0.0739 e. The fourth-order valence-electron chi connectivity index (χ4n) is 2.30. The minimum Gasteiger partial charge on any atom is -0.294 e. The van der Waals surface area contributed by atoms with Gasteiger partial charge in [0.15, 0.2) is 0 Å². The molecular formula is C12H19Br2N3. The zero-order valence-electron chi connectivity index (χ0n) is 10.4. The van der Waals surface area contributed by atoms with Crippen molar-refractivity contribution in [3.8, 4) is 0 Å². The molecule has 0 amide bonds. The fraction of sp³-hybridized carbons (Fsp3) is 0.750. The summed E-state index contributed by atoms with van der Waals surface area (Å²) in [5.41, 5.74) is 2.37. The van der Waals surface area contributed by atoms with Gasteiger partial charge in [-0.05, 0) is 35.7 Å². The Bertz CT molecular complexity index is 385. The summed E-state index contributed by atoms with van der Waals surface area (Å²) < 4.78 is 3.16. The second-order valence-corrected chi connectivity index (χ2v) is 6.30. The number of nitrogens with zero attached hydrogens (tertiary/aromatic N) is 3. The van der Waals surface area contributed by atoms with Crippen LogP contribution in [0.1, 0.15) is 30.7 Å². The summed E-state index contributed by atoms with van der Waals surface area (Å²) in [6.07, 6.45) is 4.08. The molecule has 0 saturated heterocycles. The summed E-state index contributed by atoms with van der Waals surface area (Å²) in [6.45, 7) is 4.15. The SMILES string of the molecule is Cc1nn(C)c(CN(CCBr)C2CCC2)c1Br. The third kappa shape index (κ3) is 2.93. The molecule has 0 spiro atoms. The number of rotatable bonds is 5. The van der Waals surface area contributed by atoms with E-state index in [1.54, 1.807) is 0 Å². The Kier molecular flexibility index (Phi) is 4.66. The van der Waals surface area contributed by atoms with Gasteiger partial charge in [0.05, 0.1) is 15.9 Å². The molecule has 2 rings (SSSR count). The highest BCUT2D eigenvalue weighted by Crippen LogP contribution is 2.28. The van der Waals surface area contributed by atoms with Crippen LogP contribution in [0.3, 0.4) is 0 Å². The Morgan fingerprint density at radius 1 is 1.47 bits per heavy atom. The number of hydrogen-bond donors (Lipinski definition) is 0. The zero-order chi connectivity index (χ0) is 12.4. The van der Waals surface area contributed by atoms with Crippen molar-refractivity contribution >= 4 is 31.9 Å². The van der Waals surface area contributed by atoms with Gasteiger partial charge in [0.25, 0.3) is 0 Å². The minimum absolute atomic E-state index is 0.773. The predicted molar refractivity (Wildman–Crippen MR) is 77.5 cm³/mol. The molecule has 1 aliphatic carbocycles. The molecule has 0 unspecified atom stereocenters. The molecule has 0 aliphatic heterocycles. The molecule has 1 aromatic rings. The van der Waals surface area contributed by atoms with Crippen molar-refractivity contribution in [3.63, 3.8) is 0 Å². The van der Waals surface area contributed by atoms with E-state index in [9.17, 15) is 0 Å². The zero-order valence-corrected chi connectivity index (χ0v) is 13.6. The second kappa shape index (κ2) is 5.85. The molecule has 1 heterocycles. The second-order valence-electron chi connectivity index (χ2n) is 4.71. The van der Waals surface area contributed by atoms with Gasteiger partial charge in [-0.1, -0.05) is 22.4 Å². The van der Waals surface area contributed by atoms with E-state index in [-0.39, 0.29) is 0 Å². The smallest absolute Gasteiger partial charge is 0.0739 e. The lowest BCUT2D eigenvalue weighted by Crippen LogP contribution is -2.41. The van der Waals surface area contributed by atoms with Gasteiger partial charge in [-0.2, -0.15) is 5.10 Å². The number of alkyl halides is 1. The van der Waals surface area contributed by atoms with Crippen molar-refractivity contribution in [2.45, 2.75) is 38.8 Å². The van der Waals surface area contributed by atoms with E-state index in [1.165, 1.54) is 29.4 Å². The Morgan fingerprint density at radius 3 is 2.59 bits per heavy atom. The summed E-state index contributed by atoms with van der Waals surface area (Å²) in [5, 5.41) is 5.50. The van der Waals surface area contributed by atoms with Gasteiger partial charge in [-0.3, -0.25) is 9.58 Å². The highest BCUT2D eigenvalue weighted by molar-refractivity contribution is 9.10. The number of aryl methyl sites for hydroxylation is 2. The third-order valence-electron chi connectivity index (χ3n) is 3.58. The molecule has 0 radical (unpaired) electrons. The van der Waals surface area contributed by atoms with Crippen LogP contribution >= 0.6 is 31.9 Å². The minimum atomic E-state index is 0.773. The topological polar surface area (TPSA) is 21.1 Å². The van der Waals surface area contributed by atoms with Crippen LogP contribution in [0, 0.1) is 6.92 Å². The van der Waals surface area contributed by atoms with Crippen LogP contribution in [0.15, 0.2) is 4.47 Å². The monoisotopic (exact) mass is 363 g/mol. The predicted octanol–water partition coefficient (Wildman–Crippen LogP) is 3.24. The van der Waals surface area contributed by atoms with Crippen molar-refractivity contribution in [1.82, 2.24) is 14.7 Å². The van der Waals surface area contributed by atoms with Crippen LogP contribution in [0.4, 0.5) is 0 Å². The molecule has 1 aliphatic rings. The van der Waals surface area contributed by atoms with Gasteiger partial charge in [0, 0.05) is 31.5 Å². The van der Waals surface area contributed by atoms with Crippen LogP contribution in [0.2, 0.25) is 0 Å². The van der Waals surface area contributed by atoms with Crippen LogP contribution in [-0.4, -0.2) is 32.6 Å². The Morgan fingerprint density at radius 2 is 2.18 bits per heavy atom. The Balaban J connectivity index is 2.10. The van der Waals surface area contributed by atoms with Gasteiger partial charge in [0.1, 0.15) is 0 Å².